The van der Waals surface area contributed by atoms with Crippen molar-refractivity contribution < 1.29 is 17.6 Å². The Labute approximate surface area is 190 Å². The fourth-order valence-electron chi connectivity index (χ4n) is 3.30. The third kappa shape index (κ3) is 4.64. The standard InChI is InChI=1S/C24H19ClN2O4S/c1-15-4-3-5-22(27-15)24(28)21-12-19(25)9-6-18(21)14-32(29,30)20-10-7-17(8-11-20)23-13-26-16(2)31-23/h3-13H,14H2,1-2H3. The van der Waals surface area contributed by atoms with Gasteiger partial charge in [-0.3, -0.25) is 4.79 Å². The summed E-state index contributed by atoms with van der Waals surface area (Å²) in [6.07, 6.45) is 1.59. The smallest absolute Gasteiger partial charge is 0.211 e. The zero-order chi connectivity index (χ0) is 22.9. The number of sulfone groups is 1. The first-order valence-electron chi connectivity index (χ1n) is 9.75. The van der Waals surface area contributed by atoms with E-state index in [4.69, 9.17) is 16.0 Å². The number of oxazole rings is 1. The van der Waals surface area contributed by atoms with E-state index in [1.165, 1.54) is 18.2 Å². The fraction of sp³-hybridized carbons (Fsp3) is 0.125. The minimum absolute atomic E-state index is 0.138. The number of aryl methyl sites for hydroxylation is 2. The number of hydrogen-bond donors (Lipinski definition) is 0. The molecule has 0 radical (unpaired) electrons. The first-order valence-corrected chi connectivity index (χ1v) is 11.8. The van der Waals surface area contributed by atoms with Crippen molar-refractivity contribution >= 4 is 27.2 Å². The summed E-state index contributed by atoms with van der Waals surface area (Å²) in [4.78, 5) is 21.5. The van der Waals surface area contributed by atoms with Gasteiger partial charge in [0.05, 0.1) is 16.8 Å². The first-order chi connectivity index (χ1) is 15.2. The molecular weight excluding hydrogens is 448 g/mol. The lowest BCUT2D eigenvalue weighted by atomic mass is 10.0. The van der Waals surface area contributed by atoms with Crippen LogP contribution in [0.25, 0.3) is 11.3 Å². The normalized spacial score (nSPS) is 11.5. The molecule has 0 atom stereocenters. The summed E-state index contributed by atoms with van der Waals surface area (Å²) >= 11 is 6.11. The van der Waals surface area contributed by atoms with E-state index in [2.05, 4.69) is 9.97 Å². The van der Waals surface area contributed by atoms with Crippen molar-refractivity contribution in [1.82, 2.24) is 9.97 Å². The second-order valence-electron chi connectivity index (χ2n) is 7.32. The second-order valence-corrected chi connectivity index (χ2v) is 9.75. The van der Waals surface area contributed by atoms with E-state index in [0.717, 1.165) is 5.56 Å². The van der Waals surface area contributed by atoms with E-state index in [1.807, 2.05) is 0 Å². The molecule has 8 heteroatoms. The van der Waals surface area contributed by atoms with Gasteiger partial charge in [0.2, 0.25) is 5.78 Å². The molecule has 2 aromatic heterocycles. The molecule has 0 spiro atoms. The van der Waals surface area contributed by atoms with Crippen LogP contribution in [0.15, 0.2) is 76.2 Å². The lowest BCUT2D eigenvalue weighted by Gasteiger charge is -2.11. The summed E-state index contributed by atoms with van der Waals surface area (Å²) in [5, 5.41) is 0.342. The Kier molecular flexibility index (Phi) is 5.95. The van der Waals surface area contributed by atoms with E-state index in [1.54, 1.807) is 62.5 Å². The molecule has 32 heavy (non-hydrogen) atoms. The Balaban J connectivity index is 1.65. The number of pyridine rings is 1. The zero-order valence-electron chi connectivity index (χ0n) is 17.4. The van der Waals surface area contributed by atoms with E-state index in [-0.39, 0.29) is 27.7 Å². The van der Waals surface area contributed by atoms with E-state index in [0.29, 0.717) is 27.9 Å². The molecule has 0 saturated carbocycles. The molecule has 0 fully saturated rings. The number of carbonyl (C=O) groups excluding carboxylic acids is 1. The van der Waals surface area contributed by atoms with Crippen LogP contribution in [0.2, 0.25) is 5.02 Å². The van der Waals surface area contributed by atoms with Crippen LogP contribution < -0.4 is 0 Å². The number of rotatable bonds is 6. The lowest BCUT2D eigenvalue weighted by molar-refractivity contribution is 0.103. The summed E-state index contributed by atoms with van der Waals surface area (Å²) in [7, 11) is -3.73. The topological polar surface area (TPSA) is 90.1 Å². The minimum atomic E-state index is -3.73. The predicted octanol–water partition coefficient (Wildman–Crippen LogP) is 5.21. The van der Waals surface area contributed by atoms with Gasteiger partial charge in [-0.2, -0.15) is 0 Å². The van der Waals surface area contributed by atoms with Crippen molar-refractivity contribution in [2.45, 2.75) is 24.5 Å². The van der Waals surface area contributed by atoms with E-state index >= 15 is 0 Å². The largest absolute Gasteiger partial charge is 0.441 e. The van der Waals surface area contributed by atoms with Crippen LogP contribution in [-0.2, 0) is 15.6 Å². The van der Waals surface area contributed by atoms with Gasteiger partial charge in [-0.25, -0.2) is 18.4 Å². The molecule has 0 aliphatic carbocycles. The number of halogens is 1. The molecule has 162 valence electrons. The summed E-state index contributed by atoms with van der Waals surface area (Å²) in [5.41, 5.74) is 2.22. The molecular formula is C24H19ClN2O4S. The number of ketones is 1. The van der Waals surface area contributed by atoms with Crippen LogP contribution in [0.3, 0.4) is 0 Å². The van der Waals surface area contributed by atoms with Crippen LogP contribution in [-0.4, -0.2) is 24.2 Å². The lowest BCUT2D eigenvalue weighted by Crippen LogP contribution is -2.12. The first kappa shape index (κ1) is 21.9. The fourth-order valence-corrected chi connectivity index (χ4v) is 4.85. The summed E-state index contributed by atoms with van der Waals surface area (Å²) in [6, 6.07) is 16.1. The molecule has 0 saturated heterocycles. The molecule has 4 rings (SSSR count). The molecule has 0 aliphatic rings. The van der Waals surface area contributed by atoms with Gasteiger partial charge in [0, 0.05) is 28.8 Å². The molecule has 2 aromatic carbocycles. The zero-order valence-corrected chi connectivity index (χ0v) is 18.9. The van der Waals surface area contributed by atoms with Crippen molar-refractivity contribution in [2.75, 3.05) is 0 Å². The highest BCUT2D eigenvalue weighted by atomic mass is 35.5. The Hall–Kier alpha value is -3.29. The highest BCUT2D eigenvalue weighted by Gasteiger charge is 2.22. The number of carbonyl (C=O) groups is 1. The van der Waals surface area contributed by atoms with E-state index < -0.39 is 9.84 Å². The van der Waals surface area contributed by atoms with Crippen molar-refractivity contribution in [2.24, 2.45) is 0 Å². The Morgan fingerprint density at radius 1 is 1.03 bits per heavy atom. The Morgan fingerprint density at radius 2 is 1.78 bits per heavy atom. The number of hydrogen-bond acceptors (Lipinski definition) is 6. The molecule has 6 nitrogen and oxygen atoms in total. The van der Waals surface area contributed by atoms with Crippen molar-refractivity contribution in [1.29, 1.82) is 0 Å². The van der Waals surface area contributed by atoms with Crippen LogP contribution in [0.4, 0.5) is 0 Å². The highest BCUT2D eigenvalue weighted by molar-refractivity contribution is 7.90. The predicted molar refractivity (Wildman–Crippen MR) is 121 cm³/mol. The average Bonchev–Trinajstić information content (AvgIpc) is 3.21. The molecule has 0 unspecified atom stereocenters. The molecule has 0 bridgehead atoms. The molecule has 0 aliphatic heterocycles. The summed E-state index contributed by atoms with van der Waals surface area (Å²) < 4.78 is 31.7. The molecule has 0 N–H and O–H groups in total. The van der Waals surface area contributed by atoms with Crippen LogP contribution in [0.5, 0.6) is 0 Å². The minimum Gasteiger partial charge on any atom is -0.441 e. The number of nitrogens with zero attached hydrogens (tertiary/aromatic N) is 2. The van der Waals surface area contributed by atoms with Gasteiger partial charge in [-0.1, -0.05) is 23.7 Å². The van der Waals surface area contributed by atoms with Gasteiger partial charge in [-0.05, 0) is 61.0 Å². The summed E-state index contributed by atoms with van der Waals surface area (Å²) in [5.74, 6) is 0.359. The highest BCUT2D eigenvalue weighted by Crippen LogP contribution is 2.26. The molecule has 4 aromatic rings. The van der Waals surface area contributed by atoms with Gasteiger partial charge < -0.3 is 4.42 Å². The monoisotopic (exact) mass is 466 g/mol. The van der Waals surface area contributed by atoms with Crippen molar-refractivity contribution in [3.05, 3.63) is 100 Å². The third-order valence-electron chi connectivity index (χ3n) is 4.90. The Morgan fingerprint density at radius 3 is 2.44 bits per heavy atom. The molecule has 0 amide bonds. The maximum absolute atomic E-state index is 13.1. The van der Waals surface area contributed by atoms with Crippen LogP contribution >= 0.6 is 11.6 Å². The quantitative estimate of drug-likeness (QED) is 0.362. The van der Waals surface area contributed by atoms with Crippen molar-refractivity contribution in [3.8, 4) is 11.3 Å². The van der Waals surface area contributed by atoms with Gasteiger partial charge >= 0.3 is 0 Å². The summed E-state index contributed by atoms with van der Waals surface area (Å²) in [6.45, 7) is 3.52. The van der Waals surface area contributed by atoms with Gasteiger partial charge in [0.1, 0.15) is 5.69 Å². The van der Waals surface area contributed by atoms with Crippen LogP contribution in [0.1, 0.15) is 33.2 Å². The SMILES string of the molecule is Cc1cccc(C(=O)c2cc(Cl)ccc2CS(=O)(=O)c2ccc(-c3cnc(C)o3)cc2)n1. The van der Waals surface area contributed by atoms with Gasteiger partial charge in [0.25, 0.3) is 0 Å². The molecule has 2 heterocycles. The number of benzene rings is 2. The number of aromatic nitrogens is 2. The van der Waals surface area contributed by atoms with Crippen LogP contribution in [0, 0.1) is 13.8 Å². The van der Waals surface area contributed by atoms with Gasteiger partial charge in [-0.15, -0.1) is 0 Å². The Bertz CT molecular complexity index is 1410. The van der Waals surface area contributed by atoms with Gasteiger partial charge in [0.15, 0.2) is 21.5 Å². The maximum Gasteiger partial charge on any atom is 0.211 e. The average molecular weight is 467 g/mol. The third-order valence-corrected chi connectivity index (χ3v) is 6.82. The second kappa shape index (κ2) is 8.68. The maximum atomic E-state index is 13.1. The van der Waals surface area contributed by atoms with E-state index in [9.17, 15) is 13.2 Å². The van der Waals surface area contributed by atoms with Crippen molar-refractivity contribution in [3.63, 3.8) is 0 Å².